The molecule has 0 bridgehead atoms. The summed E-state index contributed by atoms with van der Waals surface area (Å²) >= 11 is 0. The van der Waals surface area contributed by atoms with Crippen molar-refractivity contribution in [1.29, 1.82) is 5.26 Å². The summed E-state index contributed by atoms with van der Waals surface area (Å²) in [5.41, 5.74) is 0.157. The van der Waals surface area contributed by atoms with Crippen LogP contribution in [0.3, 0.4) is 0 Å². The fourth-order valence-corrected chi connectivity index (χ4v) is 2.14. The van der Waals surface area contributed by atoms with Crippen molar-refractivity contribution in [3.8, 4) is 17.3 Å². The molecule has 6 nitrogen and oxygen atoms in total. The zero-order chi connectivity index (χ0) is 16.6. The Hall–Kier alpha value is -3.15. The summed E-state index contributed by atoms with van der Waals surface area (Å²) in [6.45, 7) is 0. The number of hydrogen-bond acceptors (Lipinski definition) is 5. The molecule has 23 heavy (non-hydrogen) atoms. The van der Waals surface area contributed by atoms with E-state index < -0.39 is 11.7 Å². The van der Waals surface area contributed by atoms with Gasteiger partial charge in [-0.1, -0.05) is 0 Å². The Kier molecular flexibility index (Phi) is 3.37. The number of hydrogen-bond donors (Lipinski definition) is 2. The summed E-state index contributed by atoms with van der Waals surface area (Å²) in [5.74, 6) is 0.258. The Labute approximate surface area is 128 Å². The summed E-state index contributed by atoms with van der Waals surface area (Å²) in [7, 11) is 1.60. The lowest BCUT2D eigenvalue weighted by Crippen LogP contribution is -2.05. The second-order valence-electron chi connectivity index (χ2n) is 4.64. The molecule has 2 N–H and O–H groups in total. The molecule has 3 aromatic rings. The number of nitriles is 1. The van der Waals surface area contributed by atoms with E-state index in [1.54, 1.807) is 7.05 Å². The van der Waals surface area contributed by atoms with Crippen molar-refractivity contribution in [2.24, 2.45) is 0 Å². The summed E-state index contributed by atoms with van der Waals surface area (Å²) in [6.07, 6.45) is -0.961. The number of halogens is 3. The molecule has 0 atom stereocenters. The fraction of sp³-hybridized carbons (Fsp3) is 0.143. The molecule has 0 aliphatic heterocycles. The lowest BCUT2D eigenvalue weighted by atomic mass is 10.1. The van der Waals surface area contributed by atoms with Crippen molar-refractivity contribution in [1.82, 2.24) is 19.9 Å². The van der Waals surface area contributed by atoms with Crippen molar-refractivity contribution in [2.75, 3.05) is 12.4 Å². The largest absolute Gasteiger partial charge is 0.417 e. The molecular formula is C14H9F3N6. The van der Waals surface area contributed by atoms with Gasteiger partial charge in [-0.05, 0) is 6.07 Å². The first-order valence-electron chi connectivity index (χ1n) is 6.43. The van der Waals surface area contributed by atoms with Crippen LogP contribution in [0.15, 0.2) is 24.7 Å². The molecule has 0 aromatic carbocycles. The van der Waals surface area contributed by atoms with E-state index in [4.69, 9.17) is 0 Å². The first-order chi connectivity index (χ1) is 10.9. The van der Waals surface area contributed by atoms with Crippen molar-refractivity contribution in [2.45, 2.75) is 6.18 Å². The molecule has 0 saturated carbocycles. The molecular weight excluding hydrogens is 309 g/mol. The predicted octanol–water partition coefficient (Wildman–Crippen LogP) is 2.95. The molecule has 3 rings (SSSR count). The standard InChI is InChI=1S/C14H9F3N6/c1-19-13-22-4-7(3-18)11(23-13)10-6-21-12-9(10)2-8(5-20-12)14(15,16)17/h2,4-6H,1H3,(H,20,21)(H,19,22,23). The number of nitrogens with one attached hydrogen (secondary N) is 2. The zero-order valence-electron chi connectivity index (χ0n) is 11.7. The van der Waals surface area contributed by atoms with Gasteiger partial charge < -0.3 is 10.3 Å². The quantitative estimate of drug-likeness (QED) is 0.758. The third-order valence-corrected chi connectivity index (χ3v) is 3.25. The Morgan fingerprint density at radius 1 is 1.26 bits per heavy atom. The maximum Gasteiger partial charge on any atom is 0.417 e. The number of pyridine rings is 1. The smallest absolute Gasteiger partial charge is 0.357 e. The highest BCUT2D eigenvalue weighted by molar-refractivity contribution is 5.94. The Balaban J connectivity index is 2.27. The van der Waals surface area contributed by atoms with Crippen LogP contribution in [-0.2, 0) is 6.18 Å². The van der Waals surface area contributed by atoms with Crippen molar-refractivity contribution in [3.63, 3.8) is 0 Å². The van der Waals surface area contributed by atoms with Crippen LogP contribution in [0.1, 0.15) is 11.1 Å². The van der Waals surface area contributed by atoms with Crippen molar-refractivity contribution in [3.05, 3.63) is 35.8 Å². The number of fused-ring (bicyclic) bond motifs is 1. The summed E-state index contributed by atoms with van der Waals surface area (Å²) in [6, 6.07) is 2.92. The van der Waals surface area contributed by atoms with E-state index in [0.717, 1.165) is 12.3 Å². The molecule has 3 heterocycles. The van der Waals surface area contributed by atoms with Crippen LogP contribution in [0.25, 0.3) is 22.3 Å². The molecule has 0 spiro atoms. The first kappa shape index (κ1) is 14.8. The van der Waals surface area contributed by atoms with Gasteiger partial charge in [0.25, 0.3) is 0 Å². The van der Waals surface area contributed by atoms with Crippen LogP contribution in [0.4, 0.5) is 19.1 Å². The Bertz CT molecular complexity index is 922. The molecule has 0 fully saturated rings. The van der Waals surface area contributed by atoms with Crippen LogP contribution < -0.4 is 5.32 Å². The lowest BCUT2D eigenvalue weighted by Gasteiger charge is -2.07. The van der Waals surface area contributed by atoms with E-state index in [-0.39, 0.29) is 28.2 Å². The summed E-state index contributed by atoms with van der Waals surface area (Å²) < 4.78 is 38.6. The van der Waals surface area contributed by atoms with Gasteiger partial charge in [0, 0.05) is 30.4 Å². The van der Waals surface area contributed by atoms with Crippen LogP contribution >= 0.6 is 0 Å². The van der Waals surface area contributed by atoms with Gasteiger partial charge in [0.1, 0.15) is 11.7 Å². The topological polar surface area (TPSA) is 90.3 Å². The third-order valence-electron chi connectivity index (χ3n) is 3.25. The number of aromatic amines is 1. The van der Waals surface area contributed by atoms with Gasteiger partial charge in [-0.3, -0.25) is 0 Å². The van der Waals surface area contributed by atoms with Gasteiger partial charge in [-0.15, -0.1) is 0 Å². The van der Waals surface area contributed by atoms with Gasteiger partial charge in [0.15, 0.2) is 0 Å². The summed E-state index contributed by atoms with van der Waals surface area (Å²) in [4.78, 5) is 14.7. The number of alkyl halides is 3. The minimum absolute atomic E-state index is 0.155. The number of aromatic nitrogens is 4. The molecule has 0 aliphatic carbocycles. The zero-order valence-corrected chi connectivity index (χ0v) is 11.7. The van der Waals surface area contributed by atoms with Crippen molar-refractivity contribution >= 4 is 17.0 Å². The maximum absolute atomic E-state index is 12.9. The van der Waals surface area contributed by atoms with Gasteiger partial charge in [0.2, 0.25) is 5.95 Å². The highest BCUT2D eigenvalue weighted by Gasteiger charge is 2.31. The van der Waals surface area contributed by atoms with Crippen LogP contribution in [0.5, 0.6) is 0 Å². The third kappa shape index (κ3) is 2.55. The Morgan fingerprint density at radius 3 is 2.70 bits per heavy atom. The van der Waals surface area contributed by atoms with Crippen LogP contribution in [-0.4, -0.2) is 27.0 Å². The molecule has 0 radical (unpaired) electrons. The number of nitrogens with zero attached hydrogens (tertiary/aromatic N) is 4. The highest BCUT2D eigenvalue weighted by atomic mass is 19.4. The van der Waals surface area contributed by atoms with Crippen molar-refractivity contribution < 1.29 is 13.2 Å². The maximum atomic E-state index is 12.9. The second-order valence-corrected chi connectivity index (χ2v) is 4.64. The molecule has 0 unspecified atom stereocenters. The van der Waals surface area contributed by atoms with E-state index >= 15 is 0 Å². The van der Waals surface area contributed by atoms with Gasteiger partial charge >= 0.3 is 6.18 Å². The van der Waals surface area contributed by atoms with E-state index in [0.29, 0.717) is 5.56 Å². The fourth-order valence-electron chi connectivity index (χ4n) is 2.14. The van der Waals surface area contributed by atoms with E-state index in [1.165, 1.54) is 12.4 Å². The monoisotopic (exact) mass is 318 g/mol. The van der Waals surface area contributed by atoms with Gasteiger partial charge in [-0.25, -0.2) is 15.0 Å². The number of H-pyrrole nitrogens is 1. The molecule has 0 amide bonds. The van der Waals surface area contributed by atoms with E-state index in [2.05, 4.69) is 25.3 Å². The molecule has 0 saturated heterocycles. The average Bonchev–Trinajstić information content (AvgIpc) is 2.96. The molecule has 3 aromatic heterocycles. The number of anilines is 1. The summed E-state index contributed by atoms with van der Waals surface area (Å²) in [5, 5.41) is 12.1. The average molecular weight is 318 g/mol. The second kappa shape index (κ2) is 5.24. The van der Waals surface area contributed by atoms with Gasteiger partial charge in [0.05, 0.1) is 23.0 Å². The normalized spacial score (nSPS) is 11.4. The highest BCUT2D eigenvalue weighted by Crippen LogP contribution is 2.34. The molecule has 0 aliphatic rings. The SMILES string of the molecule is CNc1ncc(C#N)c(-c2c[nH]c3ncc(C(F)(F)F)cc23)n1. The lowest BCUT2D eigenvalue weighted by molar-refractivity contribution is -0.137. The Morgan fingerprint density at radius 2 is 2.04 bits per heavy atom. The van der Waals surface area contributed by atoms with Crippen LogP contribution in [0.2, 0.25) is 0 Å². The van der Waals surface area contributed by atoms with Gasteiger partial charge in [-0.2, -0.15) is 18.4 Å². The molecule has 9 heteroatoms. The van der Waals surface area contributed by atoms with Crippen LogP contribution in [0, 0.1) is 11.3 Å². The first-order valence-corrected chi connectivity index (χ1v) is 6.43. The van der Waals surface area contributed by atoms with E-state index in [1.807, 2.05) is 6.07 Å². The number of rotatable bonds is 2. The minimum atomic E-state index is -4.50. The predicted molar refractivity (Wildman–Crippen MR) is 76.4 cm³/mol. The minimum Gasteiger partial charge on any atom is -0.357 e. The molecule has 116 valence electrons. The van der Waals surface area contributed by atoms with E-state index in [9.17, 15) is 18.4 Å².